The van der Waals surface area contributed by atoms with Crippen LogP contribution in [0.3, 0.4) is 0 Å². The zero-order chi connectivity index (χ0) is 18.0. The zero-order valence-corrected chi connectivity index (χ0v) is 16.1. The quantitative estimate of drug-likeness (QED) is 0.786. The molecule has 132 valence electrons. The average Bonchev–Trinajstić information content (AvgIpc) is 3.10. The summed E-state index contributed by atoms with van der Waals surface area (Å²) >= 11 is 1.82. The number of methoxy groups -OCH3 is 1. The molecule has 3 nitrogen and oxygen atoms in total. The van der Waals surface area contributed by atoms with Crippen molar-refractivity contribution in [2.75, 3.05) is 19.4 Å². The Balaban J connectivity index is 1.86. The molecule has 1 atom stereocenters. The van der Waals surface area contributed by atoms with Crippen molar-refractivity contribution < 1.29 is 9.53 Å². The third kappa shape index (κ3) is 3.69. The Morgan fingerprint density at radius 2 is 1.80 bits per heavy atom. The summed E-state index contributed by atoms with van der Waals surface area (Å²) in [4.78, 5) is 15.0. The second-order valence-electron chi connectivity index (χ2n) is 7.29. The van der Waals surface area contributed by atoms with E-state index in [4.69, 9.17) is 4.74 Å². The molecule has 4 heteroatoms. The Labute approximate surface area is 154 Å². The Morgan fingerprint density at radius 1 is 1.12 bits per heavy atom. The van der Waals surface area contributed by atoms with Crippen molar-refractivity contribution in [2.24, 2.45) is 0 Å². The van der Waals surface area contributed by atoms with Crippen molar-refractivity contribution in [3.63, 3.8) is 0 Å². The number of carbonyl (C=O) groups excluding carboxylic acids is 1. The minimum atomic E-state index is 0.0346. The van der Waals surface area contributed by atoms with Gasteiger partial charge in [-0.05, 0) is 28.7 Å². The summed E-state index contributed by atoms with van der Waals surface area (Å²) in [5.74, 6) is 1.62. The lowest BCUT2D eigenvalue weighted by atomic mass is 9.86. The summed E-state index contributed by atoms with van der Waals surface area (Å²) < 4.78 is 5.37. The predicted octanol–water partition coefficient (Wildman–Crippen LogP) is 4.88. The first-order chi connectivity index (χ1) is 11.9. The molecule has 3 rings (SSSR count). The van der Waals surface area contributed by atoms with Crippen molar-refractivity contribution in [2.45, 2.75) is 31.6 Å². The number of ether oxygens (including phenoxy) is 1. The van der Waals surface area contributed by atoms with Gasteiger partial charge in [0.1, 0.15) is 11.1 Å². The lowest BCUT2D eigenvalue weighted by Crippen LogP contribution is -2.30. The molecule has 0 aromatic heterocycles. The Morgan fingerprint density at radius 3 is 2.44 bits per heavy atom. The molecule has 1 aliphatic rings. The van der Waals surface area contributed by atoms with Crippen molar-refractivity contribution in [3.05, 3.63) is 65.2 Å². The second-order valence-corrected chi connectivity index (χ2v) is 8.48. The number of carbonyl (C=O) groups is 1. The third-order valence-corrected chi connectivity index (χ3v) is 5.81. The van der Waals surface area contributed by atoms with E-state index in [-0.39, 0.29) is 16.7 Å². The molecule has 1 aliphatic heterocycles. The highest BCUT2D eigenvalue weighted by molar-refractivity contribution is 7.99. The lowest BCUT2D eigenvalue weighted by molar-refractivity contribution is 0.0757. The summed E-state index contributed by atoms with van der Waals surface area (Å²) in [6.07, 6.45) is 0. The molecule has 2 aromatic carbocycles. The Hall–Kier alpha value is -1.94. The predicted molar refractivity (Wildman–Crippen MR) is 104 cm³/mol. The summed E-state index contributed by atoms with van der Waals surface area (Å²) in [6.45, 7) is 7.39. The molecule has 0 aliphatic carbocycles. The highest BCUT2D eigenvalue weighted by Gasteiger charge is 2.32. The van der Waals surface area contributed by atoms with Crippen LogP contribution in [-0.2, 0) is 5.41 Å². The SMILES string of the molecule is COc1ccccc1C(=O)N1CCSC1c1ccc(C(C)(C)C)cc1. The van der Waals surface area contributed by atoms with Gasteiger partial charge in [0.2, 0.25) is 0 Å². The van der Waals surface area contributed by atoms with Crippen LogP contribution in [0.5, 0.6) is 5.75 Å². The number of para-hydroxylation sites is 1. The van der Waals surface area contributed by atoms with Gasteiger partial charge in [-0.25, -0.2) is 0 Å². The van der Waals surface area contributed by atoms with E-state index in [9.17, 15) is 4.79 Å². The number of amides is 1. The number of thioether (sulfide) groups is 1. The number of benzene rings is 2. The Bertz CT molecular complexity index is 749. The molecule has 0 N–H and O–H groups in total. The van der Waals surface area contributed by atoms with Gasteiger partial charge >= 0.3 is 0 Å². The van der Waals surface area contributed by atoms with Gasteiger partial charge in [-0.2, -0.15) is 0 Å². The van der Waals surface area contributed by atoms with Gasteiger partial charge < -0.3 is 9.64 Å². The van der Waals surface area contributed by atoms with Crippen LogP contribution >= 0.6 is 11.8 Å². The zero-order valence-electron chi connectivity index (χ0n) is 15.3. The van der Waals surface area contributed by atoms with Gasteiger partial charge in [0.25, 0.3) is 5.91 Å². The van der Waals surface area contributed by atoms with Crippen LogP contribution in [0.15, 0.2) is 48.5 Å². The maximum absolute atomic E-state index is 13.1. The third-order valence-electron chi connectivity index (χ3n) is 4.55. The maximum Gasteiger partial charge on any atom is 0.258 e. The van der Waals surface area contributed by atoms with E-state index in [1.54, 1.807) is 7.11 Å². The van der Waals surface area contributed by atoms with Crippen molar-refractivity contribution >= 4 is 17.7 Å². The fourth-order valence-electron chi connectivity index (χ4n) is 3.08. The Kier molecular flexibility index (Phi) is 5.09. The first kappa shape index (κ1) is 17.9. The van der Waals surface area contributed by atoms with Crippen molar-refractivity contribution in [1.82, 2.24) is 4.90 Å². The van der Waals surface area contributed by atoms with Gasteiger partial charge in [0, 0.05) is 12.3 Å². The molecule has 1 saturated heterocycles. The first-order valence-electron chi connectivity index (χ1n) is 8.58. The summed E-state index contributed by atoms with van der Waals surface area (Å²) in [7, 11) is 1.60. The highest BCUT2D eigenvalue weighted by Crippen LogP contribution is 2.40. The molecule has 0 radical (unpaired) electrons. The molecule has 1 heterocycles. The van der Waals surface area contributed by atoms with Crippen LogP contribution in [0.4, 0.5) is 0 Å². The fraction of sp³-hybridized carbons (Fsp3) is 0.381. The average molecular weight is 356 g/mol. The van der Waals surface area contributed by atoms with E-state index in [1.807, 2.05) is 40.9 Å². The molecule has 25 heavy (non-hydrogen) atoms. The van der Waals surface area contributed by atoms with Crippen LogP contribution in [-0.4, -0.2) is 30.2 Å². The minimum Gasteiger partial charge on any atom is -0.496 e. The molecule has 1 unspecified atom stereocenters. The summed E-state index contributed by atoms with van der Waals surface area (Å²) in [5.41, 5.74) is 3.25. The first-order valence-corrected chi connectivity index (χ1v) is 9.63. The van der Waals surface area contributed by atoms with E-state index in [0.29, 0.717) is 11.3 Å². The summed E-state index contributed by atoms with van der Waals surface area (Å²) in [5, 5.41) is 0.0615. The second kappa shape index (κ2) is 7.12. The van der Waals surface area contributed by atoms with Crippen LogP contribution < -0.4 is 4.74 Å². The molecule has 1 amide bonds. The van der Waals surface area contributed by atoms with Crippen LogP contribution in [0.1, 0.15) is 47.6 Å². The van der Waals surface area contributed by atoms with Crippen LogP contribution in [0, 0.1) is 0 Å². The minimum absolute atomic E-state index is 0.0346. The van der Waals surface area contributed by atoms with Crippen LogP contribution in [0.2, 0.25) is 0 Å². The van der Waals surface area contributed by atoms with Gasteiger partial charge in [0.05, 0.1) is 12.7 Å². The van der Waals surface area contributed by atoms with Crippen LogP contribution in [0.25, 0.3) is 0 Å². The molecular weight excluding hydrogens is 330 g/mol. The number of rotatable bonds is 3. The number of hydrogen-bond acceptors (Lipinski definition) is 3. The van der Waals surface area contributed by atoms with Gasteiger partial charge in [0.15, 0.2) is 0 Å². The van der Waals surface area contributed by atoms with Crippen molar-refractivity contribution in [3.8, 4) is 5.75 Å². The molecule has 1 fully saturated rings. The topological polar surface area (TPSA) is 29.5 Å². The highest BCUT2D eigenvalue weighted by atomic mass is 32.2. The number of hydrogen-bond donors (Lipinski definition) is 0. The van der Waals surface area contributed by atoms with Gasteiger partial charge in [-0.1, -0.05) is 57.2 Å². The van der Waals surface area contributed by atoms with Crippen molar-refractivity contribution in [1.29, 1.82) is 0 Å². The largest absolute Gasteiger partial charge is 0.496 e. The maximum atomic E-state index is 13.1. The molecule has 0 saturated carbocycles. The monoisotopic (exact) mass is 355 g/mol. The molecule has 2 aromatic rings. The number of nitrogens with zero attached hydrogens (tertiary/aromatic N) is 1. The molecular formula is C21H25NO2S. The van der Waals surface area contributed by atoms with Gasteiger partial charge in [-0.3, -0.25) is 4.79 Å². The normalized spacial score (nSPS) is 17.6. The van der Waals surface area contributed by atoms with E-state index in [1.165, 1.54) is 11.1 Å². The molecule has 0 spiro atoms. The standard InChI is InChI=1S/C21H25NO2S/c1-21(2,3)16-11-9-15(10-12-16)20-22(13-14-25-20)19(23)17-7-5-6-8-18(17)24-4/h5-12,20H,13-14H2,1-4H3. The summed E-state index contributed by atoms with van der Waals surface area (Å²) in [6, 6.07) is 16.1. The van der Waals surface area contributed by atoms with E-state index in [2.05, 4.69) is 45.0 Å². The van der Waals surface area contributed by atoms with E-state index >= 15 is 0 Å². The molecule has 0 bridgehead atoms. The fourth-order valence-corrected chi connectivity index (χ4v) is 4.33. The van der Waals surface area contributed by atoms with E-state index < -0.39 is 0 Å². The smallest absolute Gasteiger partial charge is 0.258 e. The van der Waals surface area contributed by atoms with Gasteiger partial charge in [-0.15, -0.1) is 11.8 Å². The lowest BCUT2D eigenvalue weighted by Gasteiger charge is -2.26. The van der Waals surface area contributed by atoms with E-state index in [0.717, 1.165) is 12.3 Å².